The van der Waals surface area contributed by atoms with Gasteiger partial charge in [0.2, 0.25) is 5.91 Å². The predicted molar refractivity (Wildman–Crippen MR) is 95.1 cm³/mol. The van der Waals surface area contributed by atoms with Gasteiger partial charge in [0.15, 0.2) is 0 Å². The third-order valence-electron chi connectivity index (χ3n) is 4.38. The first-order valence-electron chi connectivity index (χ1n) is 8.14. The molecule has 2 heterocycles. The highest BCUT2D eigenvalue weighted by molar-refractivity contribution is 7.11. The first-order chi connectivity index (χ1) is 11.1. The zero-order valence-corrected chi connectivity index (χ0v) is 14.6. The van der Waals surface area contributed by atoms with Gasteiger partial charge in [-0.25, -0.2) is 4.98 Å². The summed E-state index contributed by atoms with van der Waals surface area (Å²) in [5, 5.41) is 1.08. The van der Waals surface area contributed by atoms with Crippen LogP contribution in [0.5, 0.6) is 0 Å². The topological polar surface area (TPSA) is 36.4 Å². The van der Waals surface area contributed by atoms with Gasteiger partial charge < -0.3 is 9.80 Å². The van der Waals surface area contributed by atoms with Crippen LogP contribution in [0.15, 0.2) is 30.3 Å². The molecule has 5 heteroatoms. The minimum atomic E-state index is 0.253. The molecule has 1 aromatic carbocycles. The smallest absolute Gasteiger partial charge is 0.223 e. The number of carbonyl (C=O) groups is 1. The minimum absolute atomic E-state index is 0.253. The molecule has 1 fully saturated rings. The van der Waals surface area contributed by atoms with Crippen molar-refractivity contribution in [1.29, 1.82) is 0 Å². The zero-order chi connectivity index (χ0) is 16.2. The van der Waals surface area contributed by atoms with E-state index in [9.17, 15) is 4.79 Å². The van der Waals surface area contributed by atoms with E-state index in [-0.39, 0.29) is 5.91 Å². The summed E-state index contributed by atoms with van der Waals surface area (Å²) >= 11 is 1.71. The van der Waals surface area contributed by atoms with Crippen molar-refractivity contribution in [2.45, 2.75) is 26.7 Å². The molecule has 3 rings (SSSR count). The number of amides is 1. The van der Waals surface area contributed by atoms with Crippen molar-refractivity contribution in [3.05, 3.63) is 45.9 Å². The van der Waals surface area contributed by atoms with E-state index in [0.717, 1.165) is 43.3 Å². The molecule has 2 aromatic rings. The number of rotatable bonds is 4. The molecule has 23 heavy (non-hydrogen) atoms. The largest absolute Gasteiger partial charge is 0.368 e. The quantitative estimate of drug-likeness (QED) is 0.865. The molecular formula is C18H23N3OS. The molecular weight excluding hydrogens is 306 g/mol. The van der Waals surface area contributed by atoms with Crippen molar-refractivity contribution in [1.82, 2.24) is 9.88 Å². The van der Waals surface area contributed by atoms with E-state index in [1.165, 1.54) is 10.6 Å². The van der Waals surface area contributed by atoms with Crippen molar-refractivity contribution in [2.24, 2.45) is 0 Å². The molecule has 0 bridgehead atoms. The van der Waals surface area contributed by atoms with Gasteiger partial charge in [-0.15, -0.1) is 11.3 Å². The van der Waals surface area contributed by atoms with Gasteiger partial charge in [0.25, 0.3) is 0 Å². The molecule has 0 spiro atoms. The van der Waals surface area contributed by atoms with Gasteiger partial charge in [-0.2, -0.15) is 0 Å². The molecule has 1 aliphatic rings. The summed E-state index contributed by atoms with van der Waals surface area (Å²) in [6.07, 6.45) is 1.33. The first kappa shape index (κ1) is 16.0. The van der Waals surface area contributed by atoms with Crippen molar-refractivity contribution < 1.29 is 4.79 Å². The van der Waals surface area contributed by atoms with Crippen LogP contribution in [0.4, 0.5) is 5.69 Å². The number of hydrogen-bond donors (Lipinski definition) is 0. The van der Waals surface area contributed by atoms with Crippen LogP contribution >= 0.6 is 11.3 Å². The maximum absolute atomic E-state index is 12.4. The third-order valence-corrected chi connectivity index (χ3v) is 5.51. The van der Waals surface area contributed by atoms with Gasteiger partial charge >= 0.3 is 0 Å². The standard InChI is InChI=1S/C18H23N3OS/c1-14-15(2)23-17(19-14)8-9-18(22)21-12-10-20(11-13-21)16-6-4-3-5-7-16/h3-7H,8-13H2,1-2H3. The molecule has 0 aliphatic carbocycles. The van der Waals surface area contributed by atoms with E-state index in [1.54, 1.807) is 11.3 Å². The molecule has 4 nitrogen and oxygen atoms in total. The van der Waals surface area contributed by atoms with Crippen molar-refractivity contribution in [3.63, 3.8) is 0 Å². The average Bonchev–Trinajstić information content (AvgIpc) is 2.92. The lowest BCUT2D eigenvalue weighted by atomic mass is 10.2. The van der Waals surface area contributed by atoms with Crippen LogP contribution in [0.3, 0.4) is 0 Å². The summed E-state index contributed by atoms with van der Waals surface area (Å²) in [5.74, 6) is 0.253. The normalized spacial score (nSPS) is 15.0. The van der Waals surface area contributed by atoms with E-state index in [0.29, 0.717) is 6.42 Å². The zero-order valence-electron chi connectivity index (χ0n) is 13.8. The fourth-order valence-corrected chi connectivity index (χ4v) is 3.80. The van der Waals surface area contributed by atoms with Crippen molar-refractivity contribution in [3.8, 4) is 0 Å². The molecule has 0 saturated carbocycles. The Hall–Kier alpha value is -1.88. The van der Waals surface area contributed by atoms with E-state index in [1.807, 2.05) is 17.9 Å². The second kappa shape index (κ2) is 7.13. The van der Waals surface area contributed by atoms with E-state index in [2.05, 4.69) is 41.1 Å². The number of aromatic nitrogens is 1. The second-order valence-electron chi connectivity index (χ2n) is 5.95. The molecule has 1 saturated heterocycles. The molecule has 0 N–H and O–H groups in total. The molecule has 1 aliphatic heterocycles. The maximum atomic E-state index is 12.4. The Bertz CT molecular complexity index is 641. The Balaban J connectivity index is 1.48. The minimum Gasteiger partial charge on any atom is -0.368 e. The average molecular weight is 329 g/mol. The number of benzene rings is 1. The Morgan fingerprint density at radius 1 is 1.13 bits per heavy atom. The number of aryl methyl sites for hydroxylation is 3. The fraction of sp³-hybridized carbons (Fsp3) is 0.444. The van der Waals surface area contributed by atoms with Crippen molar-refractivity contribution in [2.75, 3.05) is 31.1 Å². The Kier molecular flexibility index (Phi) is 4.96. The molecule has 1 aromatic heterocycles. The SMILES string of the molecule is Cc1nc(CCC(=O)N2CCN(c3ccccc3)CC2)sc1C. The summed E-state index contributed by atoms with van der Waals surface area (Å²) in [6, 6.07) is 10.4. The first-order valence-corrected chi connectivity index (χ1v) is 8.96. The van der Waals surface area contributed by atoms with E-state index < -0.39 is 0 Å². The van der Waals surface area contributed by atoms with Crippen LogP contribution in [0.1, 0.15) is 22.0 Å². The Morgan fingerprint density at radius 3 is 2.43 bits per heavy atom. The van der Waals surface area contributed by atoms with Gasteiger partial charge in [0.1, 0.15) is 0 Å². The maximum Gasteiger partial charge on any atom is 0.223 e. The highest BCUT2D eigenvalue weighted by atomic mass is 32.1. The lowest BCUT2D eigenvalue weighted by Gasteiger charge is -2.36. The second-order valence-corrected chi connectivity index (χ2v) is 7.24. The summed E-state index contributed by atoms with van der Waals surface area (Å²) < 4.78 is 0. The monoisotopic (exact) mass is 329 g/mol. The summed E-state index contributed by atoms with van der Waals surface area (Å²) in [7, 11) is 0. The summed E-state index contributed by atoms with van der Waals surface area (Å²) in [5.41, 5.74) is 2.34. The lowest BCUT2D eigenvalue weighted by molar-refractivity contribution is -0.131. The molecule has 122 valence electrons. The van der Waals surface area contributed by atoms with Crippen LogP contribution in [0, 0.1) is 13.8 Å². The van der Waals surface area contributed by atoms with Gasteiger partial charge in [-0.05, 0) is 26.0 Å². The van der Waals surface area contributed by atoms with Crippen LogP contribution in [-0.2, 0) is 11.2 Å². The highest BCUT2D eigenvalue weighted by Crippen LogP contribution is 2.19. The van der Waals surface area contributed by atoms with Gasteiger partial charge in [-0.3, -0.25) is 4.79 Å². The van der Waals surface area contributed by atoms with Crippen LogP contribution in [-0.4, -0.2) is 42.0 Å². The number of thiazole rings is 1. The Morgan fingerprint density at radius 2 is 1.83 bits per heavy atom. The number of piperazine rings is 1. The number of anilines is 1. The van der Waals surface area contributed by atoms with Crippen LogP contribution < -0.4 is 4.90 Å². The molecule has 0 atom stereocenters. The van der Waals surface area contributed by atoms with Crippen molar-refractivity contribution >= 4 is 22.9 Å². The number of carbonyl (C=O) groups excluding carboxylic acids is 1. The van der Waals surface area contributed by atoms with Gasteiger partial charge in [-0.1, -0.05) is 18.2 Å². The third kappa shape index (κ3) is 3.91. The number of para-hydroxylation sites is 1. The number of nitrogens with zero attached hydrogens (tertiary/aromatic N) is 3. The predicted octanol–water partition coefficient (Wildman–Crippen LogP) is 3.04. The molecule has 0 radical (unpaired) electrons. The number of hydrogen-bond acceptors (Lipinski definition) is 4. The highest BCUT2D eigenvalue weighted by Gasteiger charge is 2.21. The molecule has 1 amide bonds. The van der Waals surface area contributed by atoms with E-state index in [4.69, 9.17) is 0 Å². The molecule has 0 unspecified atom stereocenters. The van der Waals surface area contributed by atoms with Crippen LogP contribution in [0.2, 0.25) is 0 Å². The lowest BCUT2D eigenvalue weighted by Crippen LogP contribution is -2.48. The fourth-order valence-electron chi connectivity index (χ4n) is 2.87. The summed E-state index contributed by atoms with van der Waals surface area (Å²) in [4.78, 5) is 22.5. The van der Waals surface area contributed by atoms with Crippen LogP contribution in [0.25, 0.3) is 0 Å². The summed E-state index contributed by atoms with van der Waals surface area (Å²) in [6.45, 7) is 7.55. The van der Waals surface area contributed by atoms with E-state index >= 15 is 0 Å². The van der Waals surface area contributed by atoms with Gasteiger partial charge in [0.05, 0.1) is 10.7 Å². The van der Waals surface area contributed by atoms with Gasteiger partial charge in [0, 0.05) is 49.6 Å². The Labute approximate surface area is 141 Å².